The molecule has 0 saturated heterocycles. The third-order valence-electron chi connectivity index (χ3n) is 8.81. The van der Waals surface area contributed by atoms with Crippen molar-refractivity contribution < 1.29 is 20.1 Å². The Morgan fingerprint density at radius 2 is 1.67 bits per heavy atom. The van der Waals surface area contributed by atoms with Gasteiger partial charge in [-0.1, -0.05) is 112 Å². The van der Waals surface area contributed by atoms with Crippen LogP contribution in [0.3, 0.4) is 0 Å². The predicted molar refractivity (Wildman–Crippen MR) is 182 cm³/mol. The molecule has 0 amide bonds. The van der Waals surface area contributed by atoms with Crippen LogP contribution in [0.15, 0.2) is 77.4 Å². The molecule has 0 saturated carbocycles. The maximum atomic E-state index is 12.1. The van der Waals surface area contributed by atoms with E-state index in [2.05, 4.69) is 57.8 Å². The van der Waals surface area contributed by atoms with Crippen LogP contribution in [0.25, 0.3) is 16.1 Å². The number of aromatic amines is 1. The lowest BCUT2D eigenvalue weighted by atomic mass is 9.84. The van der Waals surface area contributed by atoms with E-state index >= 15 is 0 Å². The molecule has 0 fully saturated rings. The van der Waals surface area contributed by atoms with Gasteiger partial charge in [0.25, 0.3) is 0 Å². The third kappa shape index (κ3) is 10.9. The van der Waals surface area contributed by atoms with Gasteiger partial charge in [-0.05, 0) is 66.0 Å². The summed E-state index contributed by atoms with van der Waals surface area (Å²) in [5.74, 6) is 0.120. The molecule has 9 heteroatoms. The van der Waals surface area contributed by atoms with Gasteiger partial charge in [0.2, 0.25) is 0 Å². The number of guanidine groups is 1. The summed E-state index contributed by atoms with van der Waals surface area (Å²) >= 11 is 0. The molecule has 0 aliphatic carbocycles. The van der Waals surface area contributed by atoms with E-state index in [1.165, 1.54) is 54.5 Å². The number of rotatable bonds is 20. The fourth-order valence-electron chi connectivity index (χ4n) is 6.42. The number of unbranched alkanes of at least 4 members (excludes halogenated alkanes) is 7. The van der Waals surface area contributed by atoms with Crippen LogP contribution >= 0.6 is 0 Å². The topological polar surface area (TPSA) is 158 Å². The molecule has 2 aromatic carbocycles. The largest absolute Gasteiger partial charge is 0.478 e. The summed E-state index contributed by atoms with van der Waals surface area (Å²) in [6.07, 6.45) is 15.1. The highest BCUT2D eigenvalue weighted by Crippen LogP contribution is 2.36. The number of nitrogens with one attached hydrogen (secondary N) is 2. The Kier molecular flexibility index (Phi) is 13.8. The van der Waals surface area contributed by atoms with Crippen molar-refractivity contribution in [2.24, 2.45) is 10.7 Å². The summed E-state index contributed by atoms with van der Waals surface area (Å²) in [5, 5.41) is 39.2. The number of aliphatic hydroxyl groups is 2. The Morgan fingerprint density at radius 1 is 0.933 bits per heavy atom. The number of carboxylic acid groups (broad SMARTS) is 1. The second-order valence-electron chi connectivity index (χ2n) is 12.2. The normalized spacial score (nSPS) is 18.3. The molecular weight excluding hydrogens is 566 g/mol. The summed E-state index contributed by atoms with van der Waals surface area (Å²) in [4.78, 5) is 19.8. The van der Waals surface area contributed by atoms with Gasteiger partial charge in [-0.3, -0.25) is 0 Å². The van der Waals surface area contributed by atoms with E-state index in [1.807, 2.05) is 18.3 Å². The molecule has 0 spiro atoms. The summed E-state index contributed by atoms with van der Waals surface area (Å²) in [7, 11) is 0. The summed E-state index contributed by atoms with van der Waals surface area (Å²) in [6, 6.07) is 17.7. The lowest BCUT2D eigenvalue weighted by Gasteiger charge is -2.35. The van der Waals surface area contributed by atoms with E-state index in [4.69, 9.17) is 16.2 Å². The van der Waals surface area contributed by atoms with Gasteiger partial charge in [-0.2, -0.15) is 0 Å². The van der Waals surface area contributed by atoms with Crippen molar-refractivity contribution in [1.82, 2.24) is 10.3 Å². The van der Waals surface area contributed by atoms with Crippen molar-refractivity contribution in [3.63, 3.8) is 0 Å². The Morgan fingerprint density at radius 3 is 2.36 bits per heavy atom. The zero-order valence-corrected chi connectivity index (χ0v) is 26.3. The van der Waals surface area contributed by atoms with Gasteiger partial charge in [0.05, 0.1) is 18.7 Å². The summed E-state index contributed by atoms with van der Waals surface area (Å²) < 4.78 is 0. The van der Waals surface area contributed by atoms with Crippen molar-refractivity contribution in [3.8, 4) is 0 Å². The number of fused-ring (bicyclic) bond motifs is 1. The monoisotopic (exact) mass is 616 g/mol. The van der Waals surface area contributed by atoms with Crippen LogP contribution in [0.4, 0.5) is 5.82 Å². The van der Waals surface area contributed by atoms with E-state index in [1.54, 1.807) is 0 Å². The summed E-state index contributed by atoms with van der Waals surface area (Å²) in [6.45, 7) is 0.156. The molecule has 2 heterocycles. The molecule has 0 radical (unpaired) electrons. The molecule has 4 rings (SSSR count). The quantitative estimate of drug-likeness (QED) is 0.0615. The number of benzene rings is 2. The lowest BCUT2D eigenvalue weighted by Crippen LogP contribution is -2.49. The number of carbonyl (C=O) groups is 1. The van der Waals surface area contributed by atoms with Gasteiger partial charge in [-0.25, -0.2) is 9.79 Å². The average molecular weight is 617 g/mol. The Bertz CT molecular complexity index is 1370. The van der Waals surface area contributed by atoms with Crippen molar-refractivity contribution in [2.45, 2.75) is 101 Å². The number of aliphatic imine (C=N–C) groups is 1. The first kappa shape index (κ1) is 34.1. The van der Waals surface area contributed by atoms with Crippen LogP contribution in [-0.4, -0.2) is 63.6 Å². The number of carboxylic acids is 1. The van der Waals surface area contributed by atoms with Crippen LogP contribution in [-0.2, 0) is 4.79 Å². The van der Waals surface area contributed by atoms with E-state index < -0.39 is 18.1 Å². The average Bonchev–Trinajstić information content (AvgIpc) is 3.56. The minimum Gasteiger partial charge on any atom is -0.478 e. The minimum absolute atomic E-state index is 0.127. The van der Waals surface area contributed by atoms with E-state index in [-0.39, 0.29) is 25.2 Å². The molecule has 7 N–H and O–H groups in total. The number of nitrogens with zero attached hydrogens (tertiary/aromatic N) is 2. The predicted octanol–water partition coefficient (Wildman–Crippen LogP) is 6.66. The fraction of sp³-hybridized carbons (Fsp3) is 0.500. The maximum absolute atomic E-state index is 12.1. The van der Waals surface area contributed by atoms with Crippen molar-refractivity contribution >= 4 is 28.5 Å². The second kappa shape index (κ2) is 18.2. The minimum atomic E-state index is -1.05. The number of aliphatic hydroxyl groups excluding tert-OH is 2. The summed E-state index contributed by atoms with van der Waals surface area (Å²) in [5.41, 5.74) is 7.96. The van der Waals surface area contributed by atoms with E-state index in [9.17, 15) is 15.0 Å². The standard InChI is InChI=1S/C36H50N5O4/c37-36-39-30(25-43)23-33(41-36)31(24-35(44)45)32(40-34-15-11-20-38-34)19-18-27(12-7-5-3-1-2-4-6-10-21-42)29-17-16-26-13-8-9-14-28(26)22-29/h8-9,11,13-17,20,22,24,27,30,32-33,38,42-43H,1-7,10,12,18-19,21,23,25H2,(H,44,45)(H3,37,39,41)/q-1. The molecule has 1 aliphatic heterocycles. The van der Waals surface area contributed by atoms with Crippen LogP contribution in [0.1, 0.15) is 88.5 Å². The van der Waals surface area contributed by atoms with Crippen LogP contribution in [0.5, 0.6) is 0 Å². The number of aromatic nitrogens is 1. The molecule has 1 aliphatic rings. The maximum Gasteiger partial charge on any atom is 0.328 e. The molecule has 1 aromatic heterocycles. The first-order chi connectivity index (χ1) is 22.0. The number of hydrogen-bond acceptors (Lipinski definition) is 6. The van der Waals surface area contributed by atoms with Crippen LogP contribution in [0, 0.1) is 0 Å². The van der Waals surface area contributed by atoms with Crippen LogP contribution < -0.4 is 11.1 Å². The van der Waals surface area contributed by atoms with Gasteiger partial charge < -0.3 is 36.7 Å². The number of H-pyrrole nitrogens is 1. The Hall–Kier alpha value is -3.82. The molecule has 3 aromatic rings. The number of aliphatic carboxylic acids is 1. The molecule has 4 atom stereocenters. The molecule has 4 unspecified atom stereocenters. The highest BCUT2D eigenvalue weighted by molar-refractivity contribution is 5.84. The SMILES string of the molecule is NC1=NC(C(=CC(=O)O)C(CCC(CCCCCCCCCCO)c2ccc3ccccc3c2)[N-]c2ccc[nH]2)CC(CO)N1. The van der Waals surface area contributed by atoms with Crippen molar-refractivity contribution in [3.05, 3.63) is 83.3 Å². The smallest absolute Gasteiger partial charge is 0.328 e. The van der Waals surface area contributed by atoms with Crippen molar-refractivity contribution in [2.75, 3.05) is 13.2 Å². The third-order valence-corrected chi connectivity index (χ3v) is 8.81. The van der Waals surface area contributed by atoms with E-state index in [0.29, 0.717) is 30.2 Å². The highest BCUT2D eigenvalue weighted by Gasteiger charge is 2.29. The second-order valence-corrected chi connectivity index (χ2v) is 12.2. The van der Waals surface area contributed by atoms with Gasteiger partial charge in [0.15, 0.2) is 5.96 Å². The first-order valence-electron chi connectivity index (χ1n) is 16.6. The highest BCUT2D eigenvalue weighted by atomic mass is 16.4. The lowest BCUT2D eigenvalue weighted by molar-refractivity contribution is -0.131. The molecule has 0 bridgehead atoms. The molecule has 9 nitrogen and oxygen atoms in total. The van der Waals surface area contributed by atoms with Gasteiger partial charge >= 0.3 is 5.97 Å². The van der Waals surface area contributed by atoms with Gasteiger partial charge in [0, 0.05) is 12.7 Å². The van der Waals surface area contributed by atoms with Gasteiger partial charge in [0.1, 0.15) is 0 Å². The molecule has 45 heavy (non-hydrogen) atoms. The Balaban J connectivity index is 1.53. The molecular formula is C36H50N5O4-. The number of nitrogens with two attached hydrogens (primary N) is 1. The zero-order chi connectivity index (χ0) is 31.9. The van der Waals surface area contributed by atoms with Gasteiger partial charge in [-0.15, -0.1) is 0 Å². The Labute approximate surface area is 267 Å². The van der Waals surface area contributed by atoms with Crippen LogP contribution in [0.2, 0.25) is 0 Å². The fourth-order valence-corrected chi connectivity index (χ4v) is 6.42. The van der Waals surface area contributed by atoms with E-state index in [0.717, 1.165) is 32.1 Å². The first-order valence-corrected chi connectivity index (χ1v) is 16.6. The zero-order valence-electron chi connectivity index (χ0n) is 26.3. The molecule has 244 valence electrons. The van der Waals surface area contributed by atoms with Crippen molar-refractivity contribution in [1.29, 1.82) is 0 Å². The number of hydrogen-bond donors (Lipinski definition) is 6.